The number of carbonyl (C=O) groups is 2. The van der Waals surface area contributed by atoms with Crippen LogP contribution >= 0.6 is 35.4 Å². The molecule has 0 spiro atoms. The van der Waals surface area contributed by atoms with Crippen LogP contribution in [0.3, 0.4) is 0 Å². The average molecular weight is 486 g/mol. The van der Waals surface area contributed by atoms with Crippen LogP contribution in [0.5, 0.6) is 0 Å². The zero-order valence-corrected chi connectivity index (χ0v) is 20.3. The van der Waals surface area contributed by atoms with Crippen LogP contribution in [-0.2, 0) is 9.59 Å². The van der Waals surface area contributed by atoms with Gasteiger partial charge in [0.1, 0.15) is 5.57 Å². The fourth-order valence-corrected chi connectivity index (χ4v) is 4.63. The third kappa shape index (κ3) is 3.72. The van der Waals surface area contributed by atoms with Gasteiger partial charge in [0.25, 0.3) is 11.8 Å². The Morgan fingerprint density at radius 2 is 1.81 bits per heavy atom. The van der Waals surface area contributed by atoms with E-state index in [1.807, 2.05) is 25.2 Å². The predicted octanol–water partition coefficient (Wildman–Crippen LogP) is 5.46. The summed E-state index contributed by atoms with van der Waals surface area (Å²) in [7, 11) is 2.05. The van der Waals surface area contributed by atoms with Crippen LogP contribution in [0.1, 0.15) is 31.9 Å². The molecule has 0 radical (unpaired) electrons. The number of nitrogens with zero attached hydrogens (tertiary/aromatic N) is 2. The van der Waals surface area contributed by atoms with Gasteiger partial charge in [-0.2, -0.15) is 0 Å². The molecule has 0 aromatic heterocycles. The minimum atomic E-state index is -0.564. The smallest absolute Gasteiger partial charge is 0.270 e. The molecule has 0 bridgehead atoms. The highest BCUT2D eigenvalue weighted by atomic mass is 35.5. The zero-order chi connectivity index (χ0) is 23.4. The van der Waals surface area contributed by atoms with Crippen molar-refractivity contribution >= 4 is 75.4 Å². The van der Waals surface area contributed by atoms with Gasteiger partial charge in [-0.1, -0.05) is 41.4 Å². The van der Waals surface area contributed by atoms with E-state index >= 15 is 0 Å². The maximum Gasteiger partial charge on any atom is 0.270 e. The number of halogens is 2. The van der Waals surface area contributed by atoms with Crippen LogP contribution in [0.4, 0.5) is 11.4 Å². The summed E-state index contributed by atoms with van der Waals surface area (Å²) in [5, 5.41) is 2.99. The van der Waals surface area contributed by atoms with E-state index in [1.165, 1.54) is 4.90 Å². The number of anilines is 2. The second kappa shape index (κ2) is 8.03. The van der Waals surface area contributed by atoms with E-state index in [2.05, 4.69) is 37.1 Å². The number of allylic oxidation sites excluding steroid dienone is 1. The topological polar surface area (TPSA) is 52.7 Å². The molecule has 32 heavy (non-hydrogen) atoms. The number of hydrogen-bond acceptors (Lipinski definition) is 4. The Hall–Kier alpha value is -2.67. The molecule has 2 aliphatic heterocycles. The summed E-state index contributed by atoms with van der Waals surface area (Å²) < 4.78 is 0. The van der Waals surface area contributed by atoms with Gasteiger partial charge in [-0.05, 0) is 74.5 Å². The van der Waals surface area contributed by atoms with Gasteiger partial charge in [-0.25, -0.2) is 0 Å². The van der Waals surface area contributed by atoms with E-state index in [9.17, 15) is 9.59 Å². The third-order valence-electron chi connectivity index (χ3n) is 5.83. The van der Waals surface area contributed by atoms with Gasteiger partial charge in [-0.15, -0.1) is 0 Å². The number of likely N-dealkylation sites (N-methyl/N-ethyl adjacent to an activating group) is 1. The number of benzene rings is 2. The molecule has 0 aliphatic carbocycles. The first-order valence-corrected chi connectivity index (χ1v) is 11.1. The lowest BCUT2D eigenvalue weighted by Crippen LogP contribution is -2.54. The van der Waals surface area contributed by atoms with Gasteiger partial charge >= 0.3 is 0 Å². The Morgan fingerprint density at radius 3 is 2.53 bits per heavy atom. The van der Waals surface area contributed by atoms with E-state index in [4.69, 9.17) is 35.4 Å². The second-order valence-corrected chi connectivity index (χ2v) is 9.52. The quantitative estimate of drug-likeness (QED) is 0.348. The Balaban J connectivity index is 1.76. The molecule has 1 saturated heterocycles. The number of rotatable bonds is 2. The monoisotopic (exact) mass is 485 g/mol. The minimum Gasteiger partial charge on any atom is -0.366 e. The molecule has 2 amide bonds. The molecule has 2 aromatic carbocycles. The van der Waals surface area contributed by atoms with Crippen LogP contribution in [0.25, 0.3) is 11.6 Å². The van der Waals surface area contributed by atoms with Crippen molar-refractivity contribution in [2.24, 2.45) is 0 Å². The van der Waals surface area contributed by atoms with Crippen LogP contribution < -0.4 is 15.1 Å². The van der Waals surface area contributed by atoms with Crippen molar-refractivity contribution in [3.05, 3.63) is 69.2 Å². The average Bonchev–Trinajstić information content (AvgIpc) is 2.72. The maximum absolute atomic E-state index is 13.3. The van der Waals surface area contributed by atoms with Crippen molar-refractivity contribution in [1.29, 1.82) is 0 Å². The number of hydrogen-bond donors (Lipinski definition) is 1. The molecule has 0 saturated carbocycles. The number of thiocarbonyl (C=S) groups is 1. The largest absolute Gasteiger partial charge is 0.366 e. The summed E-state index contributed by atoms with van der Waals surface area (Å²) in [4.78, 5) is 29.3. The van der Waals surface area contributed by atoms with Crippen molar-refractivity contribution in [2.45, 2.75) is 26.3 Å². The van der Waals surface area contributed by atoms with Gasteiger partial charge in [0, 0.05) is 18.3 Å². The van der Waals surface area contributed by atoms with Gasteiger partial charge in [0.05, 0.1) is 21.3 Å². The van der Waals surface area contributed by atoms with Crippen LogP contribution in [0.15, 0.2) is 48.0 Å². The van der Waals surface area contributed by atoms with E-state index in [-0.39, 0.29) is 26.3 Å². The second-order valence-electron chi connectivity index (χ2n) is 8.35. The number of fused-ring (bicyclic) bond motifs is 1. The Labute approximate surface area is 202 Å². The Bertz CT molecular complexity index is 1250. The summed E-state index contributed by atoms with van der Waals surface area (Å²) >= 11 is 17.7. The maximum atomic E-state index is 13.3. The van der Waals surface area contributed by atoms with Crippen molar-refractivity contribution in [1.82, 2.24) is 5.32 Å². The van der Waals surface area contributed by atoms with Crippen molar-refractivity contribution in [3.8, 4) is 0 Å². The summed E-state index contributed by atoms with van der Waals surface area (Å²) in [6, 6.07) is 10.8. The lowest BCUT2D eigenvalue weighted by atomic mass is 9.88. The fourth-order valence-electron chi connectivity index (χ4n) is 3.97. The van der Waals surface area contributed by atoms with Crippen LogP contribution in [-0.4, -0.2) is 29.5 Å². The lowest BCUT2D eigenvalue weighted by Gasteiger charge is -2.40. The van der Waals surface area contributed by atoms with E-state index in [1.54, 1.807) is 24.3 Å². The molecule has 8 heteroatoms. The zero-order valence-electron chi connectivity index (χ0n) is 18.0. The van der Waals surface area contributed by atoms with E-state index < -0.39 is 11.8 Å². The number of amides is 2. The van der Waals surface area contributed by atoms with Gasteiger partial charge in [0.2, 0.25) is 0 Å². The molecule has 0 unspecified atom stereocenters. The summed E-state index contributed by atoms with van der Waals surface area (Å²) in [5.41, 5.74) is 4.17. The van der Waals surface area contributed by atoms with Gasteiger partial charge in [0.15, 0.2) is 5.11 Å². The van der Waals surface area contributed by atoms with E-state index in [0.29, 0.717) is 5.69 Å². The molecule has 1 N–H and O–H groups in total. The molecular formula is C24H21Cl2N3O2S. The standard InChI is InChI=1S/C24H21Cl2N3O2S/c1-13-12-24(2,3)28(4)18-9-8-14(10-15(13)18)11-16-21(30)27-23(32)29(22(16)31)19-7-5-6-17(25)20(19)26/h5-12H,1-4H3,(H,27,30,32)/b16-11-. The number of nitrogens with one attached hydrogen (secondary N) is 1. The summed E-state index contributed by atoms with van der Waals surface area (Å²) in [6.45, 7) is 6.36. The van der Waals surface area contributed by atoms with Crippen molar-refractivity contribution < 1.29 is 9.59 Å². The molecule has 2 aliphatic rings. The van der Waals surface area contributed by atoms with Crippen LogP contribution in [0.2, 0.25) is 10.0 Å². The molecular weight excluding hydrogens is 465 g/mol. The first-order valence-electron chi connectivity index (χ1n) is 9.94. The normalized spacial score (nSPS) is 19.1. The molecule has 2 aromatic rings. The van der Waals surface area contributed by atoms with Crippen molar-refractivity contribution in [2.75, 3.05) is 16.8 Å². The number of carbonyl (C=O) groups excluding carboxylic acids is 2. The molecule has 164 valence electrons. The summed E-state index contributed by atoms with van der Waals surface area (Å²) in [6.07, 6.45) is 3.77. The fraction of sp³-hybridized carbons (Fsp3) is 0.208. The highest BCUT2D eigenvalue weighted by molar-refractivity contribution is 7.80. The van der Waals surface area contributed by atoms with Crippen molar-refractivity contribution in [3.63, 3.8) is 0 Å². The van der Waals surface area contributed by atoms with Gasteiger partial charge < -0.3 is 4.90 Å². The third-order valence-corrected chi connectivity index (χ3v) is 6.92. The lowest BCUT2D eigenvalue weighted by molar-refractivity contribution is -0.122. The summed E-state index contributed by atoms with van der Waals surface area (Å²) in [5.74, 6) is -1.12. The van der Waals surface area contributed by atoms with E-state index in [0.717, 1.165) is 22.4 Å². The molecule has 4 rings (SSSR count). The Morgan fingerprint density at radius 1 is 1.09 bits per heavy atom. The first kappa shape index (κ1) is 22.5. The van der Waals surface area contributed by atoms with Gasteiger partial charge in [-0.3, -0.25) is 19.8 Å². The molecule has 1 fully saturated rings. The predicted molar refractivity (Wildman–Crippen MR) is 135 cm³/mol. The highest BCUT2D eigenvalue weighted by Gasteiger charge is 2.36. The SMILES string of the molecule is CC1=CC(C)(C)N(C)c2ccc(/C=C3/C(=O)NC(=S)N(c4cccc(Cl)c4Cl)C3=O)cc21. The molecule has 0 atom stereocenters. The highest BCUT2D eigenvalue weighted by Crippen LogP contribution is 2.39. The first-order chi connectivity index (χ1) is 15.0. The minimum absolute atomic E-state index is 0.0410. The van der Waals surface area contributed by atoms with Crippen LogP contribution in [0, 0.1) is 0 Å². The Kier molecular flexibility index (Phi) is 5.65. The molecule has 5 nitrogen and oxygen atoms in total. The molecule has 2 heterocycles.